The molecule has 0 amide bonds. The van der Waals surface area contributed by atoms with Crippen molar-refractivity contribution in [1.29, 1.82) is 0 Å². The van der Waals surface area contributed by atoms with E-state index < -0.39 is 23.4 Å². The average molecular weight is 458 g/mol. The fourth-order valence-corrected chi connectivity index (χ4v) is 5.25. The van der Waals surface area contributed by atoms with Gasteiger partial charge in [0.05, 0.1) is 32.3 Å². The zero-order valence-electron chi connectivity index (χ0n) is 17.3. The molecule has 11 heteroatoms. The minimum absolute atomic E-state index is 0.0338. The van der Waals surface area contributed by atoms with E-state index in [9.17, 15) is 13.0 Å². The second kappa shape index (κ2) is 10.3. The van der Waals surface area contributed by atoms with Crippen molar-refractivity contribution >= 4 is 23.3 Å². The standard InChI is InChI=1S/C19H27N2O7PS/c1-5-27-29(22,28-6-2)19(14-7-12-17(25-3)18(13-14)26-4)21-15-8-10-16(11-9-15)30(20,23)24/h7-13,19,21H,5-6H2,1-4H3,(H2,20,23,24). The molecule has 0 fully saturated rings. The van der Waals surface area contributed by atoms with E-state index in [0.29, 0.717) is 22.7 Å². The Labute approximate surface area is 177 Å². The maximum Gasteiger partial charge on any atom is 0.357 e. The summed E-state index contributed by atoms with van der Waals surface area (Å²) >= 11 is 0. The molecule has 1 unspecified atom stereocenters. The molecule has 0 saturated carbocycles. The predicted octanol–water partition coefficient (Wildman–Crippen LogP) is 3.73. The van der Waals surface area contributed by atoms with Gasteiger partial charge in [0.15, 0.2) is 17.3 Å². The number of nitrogens with two attached hydrogens (primary N) is 1. The smallest absolute Gasteiger partial charge is 0.357 e. The Morgan fingerprint density at radius 2 is 1.53 bits per heavy atom. The summed E-state index contributed by atoms with van der Waals surface area (Å²) in [5, 5.41) is 8.28. The quantitative estimate of drug-likeness (QED) is 0.488. The summed E-state index contributed by atoms with van der Waals surface area (Å²) in [6.45, 7) is 3.79. The molecule has 0 radical (unpaired) electrons. The molecule has 0 bridgehead atoms. The lowest BCUT2D eigenvalue weighted by atomic mass is 10.2. The van der Waals surface area contributed by atoms with Crippen LogP contribution < -0.4 is 19.9 Å². The van der Waals surface area contributed by atoms with Crippen LogP contribution in [0.2, 0.25) is 0 Å². The van der Waals surface area contributed by atoms with Gasteiger partial charge in [0.1, 0.15) is 0 Å². The van der Waals surface area contributed by atoms with Crippen LogP contribution in [0.3, 0.4) is 0 Å². The fourth-order valence-electron chi connectivity index (χ4n) is 2.81. The van der Waals surface area contributed by atoms with Crippen molar-refractivity contribution < 1.29 is 31.5 Å². The Morgan fingerprint density at radius 3 is 2.00 bits per heavy atom. The number of benzene rings is 2. The van der Waals surface area contributed by atoms with Gasteiger partial charge < -0.3 is 23.8 Å². The lowest BCUT2D eigenvalue weighted by molar-refractivity contribution is 0.214. The molecule has 166 valence electrons. The summed E-state index contributed by atoms with van der Waals surface area (Å²) in [4.78, 5) is -0.0338. The van der Waals surface area contributed by atoms with Crippen molar-refractivity contribution in [3.8, 4) is 11.5 Å². The Bertz CT molecular complexity index is 986. The monoisotopic (exact) mass is 458 g/mol. The molecule has 0 heterocycles. The minimum Gasteiger partial charge on any atom is -0.493 e. The van der Waals surface area contributed by atoms with E-state index in [0.717, 1.165) is 0 Å². The van der Waals surface area contributed by atoms with Gasteiger partial charge in [-0.2, -0.15) is 0 Å². The van der Waals surface area contributed by atoms with Crippen LogP contribution in [0.1, 0.15) is 25.2 Å². The van der Waals surface area contributed by atoms with Crippen LogP contribution in [0.15, 0.2) is 47.4 Å². The largest absolute Gasteiger partial charge is 0.493 e. The highest BCUT2D eigenvalue weighted by Gasteiger charge is 2.37. The van der Waals surface area contributed by atoms with Gasteiger partial charge in [0.25, 0.3) is 0 Å². The molecule has 30 heavy (non-hydrogen) atoms. The van der Waals surface area contributed by atoms with Gasteiger partial charge in [-0.15, -0.1) is 0 Å². The first kappa shape index (κ1) is 24.2. The van der Waals surface area contributed by atoms with Gasteiger partial charge in [-0.3, -0.25) is 4.57 Å². The highest BCUT2D eigenvalue weighted by molar-refractivity contribution is 7.89. The van der Waals surface area contributed by atoms with E-state index in [1.165, 1.54) is 38.5 Å². The third kappa shape index (κ3) is 5.74. The first-order chi connectivity index (χ1) is 14.2. The number of primary sulfonamides is 1. The van der Waals surface area contributed by atoms with Gasteiger partial charge >= 0.3 is 7.60 Å². The van der Waals surface area contributed by atoms with Crippen molar-refractivity contribution in [2.45, 2.75) is 24.5 Å². The summed E-state index contributed by atoms with van der Waals surface area (Å²) in [7, 11) is -4.47. The summed E-state index contributed by atoms with van der Waals surface area (Å²) in [6, 6.07) is 10.9. The summed E-state index contributed by atoms with van der Waals surface area (Å²) in [6.07, 6.45) is 0. The summed E-state index contributed by atoms with van der Waals surface area (Å²) in [5.41, 5.74) is 1.08. The molecule has 0 aliphatic heterocycles. The summed E-state index contributed by atoms with van der Waals surface area (Å²) < 4.78 is 58.3. The van der Waals surface area contributed by atoms with Gasteiger partial charge in [-0.05, 0) is 55.8 Å². The third-order valence-electron chi connectivity index (χ3n) is 4.14. The van der Waals surface area contributed by atoms with E-state index in [1.807, 2.05) is 0 Å². The molecule has 9 nitrogen and oxygen atoms in total. The molecule has 2 aromatic carbocycles. The van der Waals surface area contributed by atoms with Crippen LogP contribution in [0.5, 0.6) is 11.5 Å². The molecule has 0 saturated heterocycles. The third-order valence-corrected chi connectivity index (χ3v) is 7.37. The first-order valence-electron chi connectivity index (χ1n) is 9.18. The Morgan fingerprint density at radius 1 is 0.967 bits per heavy atom. The number of hydrogen-bond acceptors (Lipinski definition) is 8. The Balaban J connectivity index is 2.52. The Kier molecular flexibility index (Phi) is 8.28. The SMILES string of the molecule is CCOP(=O)(OCC)C(Nc1ccc(S(N)(=O)=O)cc1)c1ccc(OC)c(OC)c1. The van der Waals surface area contributed by atoms with Gasteiger partial charge in [-0.1, -0.05) is 6.07 Å². The van der Waals surface area contributed by atoms with E-state index >= 15 is 0 Å². The molecule has 0 aliphatic rings. The topological polar surface area (TPSA) is 126 Å². The first-order valence-corrected chi connectivity index (χ1v) is 12.3. The molecule has 0 aromatic heterocycles. The van der Waals surface area contributed by atoms with Crippen LogP contribution in [0.4, 0.5) is 5.69 Å². The van der Waals surface area contributed by atoms with E-state index in [2.05, 4.69) is 5.32 Å². The predicted molar refractivity (Wildman–Crippen MR) is 115 cm³/mol. The lowest BCUT2D eigenvalue weighted by Gasteiger charge is -2.28. The van der Waals surface area contributed by atoms with Crippen molar-refractivity contribution in [3.63, 3.8) is 0 Å². The van der Waals surface area contributed by atoms with Gasteiger partial charge in [0.2, 0.25) is 10.0 Å². The second-order valence-corrected chi connectivity index (χ2v) is 9.78. The lowest BCUT2D eigenvalue weighted by Crippen LogP contribution is -2.16. The number of hydrogen-bond donors (Lipinski definition) is 2. The summed E-state index contributed by atoms with van der Waals surface area (Å²) in [5.74, 6) is 0.0728. The minimum atomic E-state index is -3.82. The van der Waals surface area contributed by atoms with Crippen LogP contribution in [-0.4, -0.2) is 35.9 Å². The molecular weight excluding hydrogens is 431 g/mol. The molecule has 2 rings (SSSR count). The van der Waals surface area contributed by atoms with E-state index in [-0.39, 0.29) is 18.1 Å². The van der Waals surface area contributed by atoms with E-state index in [1.54, 1.807) is 32.0 Å². The maximum absolute atomic E-state index is 13.6. The maximum atomic E-state index is 13.6. The molecule has 0 spiro atoms. The zero-order chi connectivity index (χ0) is 22.4. The molecule has 0 aliphatic carbocycles. The van der Waals surface area contributed by atoms with Crippen LogP contribution >= 0.6 is 7.60 Å². The highest BCUT2D eigenvalue weighted by Crippen LogP contribution is 2.61. The van der Waals surface area contributed by atoms with Crippen molar-refractivity contribution in [3.05, 3.63) is 48.0 Å². The molecule has 2 aromatic rings. The molecular formula is C19H27N2O7PS. The van der Waals surface area contributed by atoms with Crippen molar-refractivity contribution in [1.82, 2.24) is 0 Å². The Hall–Kier alpha value is -2.10. The van der Waals surface area contributed by atoms with Crippen molar-refractivity contribution in [2.24, 2.45) is 5.14 Å². The molecule has 1 atom stereocenters. The number of rotatable bonds is 11. The van der Waals surface area contributed by atoms with Gasteiger partial charge in [-0.25, -0.2) is 13.6 Å². The highest BCUT2D eigenvalue weighted by atomic mass is 32.2. The normalized spacial score (nSPS) is 13.0. The molecule has 3 N–H and O–H groups in total. The van der Waals surface area contributed by atoms with Crippen LogP contribution in [0.25, 0.3) is 0 Å². The fraction of sp³-hybridized carbons (Fsp3) is 0.368. The van der Waals surface area contributed by atoms with Crippen molar-refractivity contribution in [2.75, 3.05) is 32.8 Å². The van der Waals surface area contributed by atoms with E-state index in [4.69, 9.17) is 23.7 Å². The number of methoxy groups -OCH3 is 2. The second-order valence-electron chi connectivity index (χ2n) is 6.11. The number of sulfonamides is 1. The van der Waals surface area contributed by atoms with Crippen LogP contribution in [0, 0.1) is 0 Å². The number of anilines is 1. The van der Waals surface area contributed by atoms with Crippen LogP contribution in [-0.2, 0) is 23.6 Å². The zero-order valence-corrected chi connectivity index (χ0v) is 19.0. The van der Waals surface area contributed by atoms with Gasteiger partial charge in [0, 0.05) is 5.69 Å². The average Bonchev–Trinajstić information content (AvgIpc) is 2.71. The number of ether oxygens (including phenoxy) is 2. The number of nitrogens with one attached hydrogen (secondary N) is 1.